The van der Waals surface area contributed by atoms with Gasteiger partial charge in [-0.1, -0.05) is 0 Å². The van der Waals surface area contributed by atoms with Gasteiger partial charge in [0.25, 0.3) is 0 Å². The van der Waals surface area contributed by atoms with Crippen molar-refractivity contribution < 1.29 is 9.50 Å². The maximum Gasteiger partial charge on any atom is 0.129 e. The molecule has 0 aliphatic carbocycles. The van der Waals surface area contributed by atoms with Crippen molar-refractivity contribution in [1.29, 1.82) is 0 Å². The fourth-order valence-electron chi connectivity index (χ4n) is 3.02. The average molecular weight is 299 g/mol. The first kappa shape index (κ1) is 13.1. The second kappa shape index (κ2) is 4.74. The Morgan fingerprint density at radius 2 is 2.23 bits per heavy atom. The zero-order chi connectivity index (χ0) is 15.2. The van der Waals surface area contributed by atoms with Gasteiger partial charge < -0.3 is 10.0 Å². The van der Waals surface area contributed by atoms with E-state index >= 15 is 0 Å². The number of halogens is 1. The fourth-order valence-corrected chi connectivity index (χ4v) is 3.02. The van der Waals surface area contributed by atoms with Gasteiger partial charge in [-0.15, -0.1) is 0 Å². The molecule has 7 heteroatoms. The molecule has 6 nitrogen and oxygen atoms in total. The molecule has 112 valence electrons. The molecule has 4 rings (SSSR count). The van der Waals surface area contributed by atoms with Crippen LogP contribution in [0.15, 0.2) is 36.7 Å². The second-order valence-electron chi connectivity index (χ2n) is 5.55. The van der Waals surface area contributed by atoms with Crippen molar-refractivity contribution in [2.45, 2.75) is 12.0 Å². The largest absolute Gasteiger partial charge is 0.381 e. The number of benzene rings is 1. The van der Waals surface area contributed by atoms with Crippen LogP contribution < -0.4 is 4.90 Å². The minimum atomic E-state index is -1.03. The van der Waals surface area contributed by atoms with Crippen LogP contribution >= 0.6 is 0 Å². The Hall–Kier alpha value is -2.54. The van der Waals surface area contributed by atoms with Gasteiger partial charge in [-0.05, 0) is 18.2 Å². The number of pyridine rings is 1. The predicted molar refractivity (Wildman–Crippen MR) is 78.8 cm³/mol. The summed E-state index contributed by atoms with van der Waals surface area (Å²) in [6.45, 7) is 1.09. The van der Waals surface area contributed by atoms with Crippen molar-refractivity contribution in [2.24, 2.45) is 0 Å². The van der Waals surface area contributed by atoms with Gasteiger partial charge in [-0.2, -0.15) is 15.4 Å². The Bertz CT molecular complexity index is 822. The third kappa shape index (κ3) is 2.01. The molecule has 3 aromatic rings. The van der Waals surface area contributed by atoms with Crippen LogP contribution in [0.5, 0.6) is 0 Å². The molecule has 1 aromatic carbocycles. The first-order valence-electron chi connectivity index (χ1n) is 7.04. The van der Waals surface area contributed by atoms with E-state index in [1.807, 2.05) is 6.07 Å². The summed E-state index contributed by atoms with van der Waals surface area (Å²) in [7, 11) is 0. The molecule has 0 radical (unpaired) electrons. The van der Waals surface area contributed by atoms with Crippen LogP contribution in [0.1, 0.15) is 12.1 Å². The smallest absolute Gasteiger partial charge is 0.129 e. The molecule has 2 aromatic heterocycles. The highest BCUT2D eigenvalue weighted by atomic mass is 19.1. The molecule has 0 amide bonds. The fraction of sp³-hybridized carbons (Fsp3) is 0.267. The first-order valence-corrected chi connectivity index (χ1v) is 7.04. The molecule has 1 aliphatic rings. The monoisotopic (exact) mass is 299 g/mol. The van der Waals surface area contributed by atoms with Crippen LogP contribution in [0.3, 0.4) is 0 Å². The lowest BCUT2D eigenvalue weighted by molar-refractivity contribution is 0.0560. The average Bonchev–Trinajstić information content (AvgIpc) is 3.16. The van der Waals surface area contributed by atoms with Crippen molar-refractivity contribution in [3.05, 3.63) is 48.2 Å². The van der Waals surface area contributed by atoms with Gasteiger partial charge in [0, 0.05) is 36.3 Å². The topological polar surface area (TPSA) is 77.9 Å². The van der Waals surface area contributed by atoms with Gasteiger partial charge in [0.1, 0.15) is 17.1 Å². The highest BCUT2D eigenvalue weighted by Crippen LogP contribution is 2.35. The molecule has 1 atom stereocenters. The van der Waals surface area contributed by atoms with E-state index in [4.69, 9.17) is 0 Å². The lowest BCUT2D eigenvalue weighted by Gasteiger charge is -2.23. The number of rotatable bonds is 2. The number of β-amino-alcohol motifs (C(OH)–C–C–N with tert-alkyl or cyclic N) is 1. The second-order valence-corrected chi connectivity index (χ2v) is 5.55. The van der Waals surface area contributed by atoms with Crippen LogP contribution in [0, 0.1) is 5.82 Å². The highest BCUT2D eigenvalue weighted by Gasteiger charge is 2.40. The maximum absolute atomic E-state index is 13.3. The number of aromatic amines is 1. The lowest BCUT2D eigenvalue weighted by Crippen LogP contribution is -2.31. The van der Waals surface area contributed by atoms with Crippen molar-refractivity contribution in [1.82, 2.24) is 20.4 Å². The normalized spacial score (nSPS) is 21.6. The molecular weight excluding hydrogens is 285 g/mol. The van der Waals surface area contributed by atoms with Crippen LogP contribution in [0.25, 0.3) is 10.9 Å². The Balaban J connectivity index is 1.72. The van der Waals surface area contributed by atoms with Crippen LogP contribution in [-0.4, -0.2) is 38.6 Å². The summed E-state index contributed by atoms with van der Waals surface area (Å²) in [5.74, 6) is -0.308. The SMILES string of the molecule is OC1(c2cn[nH]n2)CCN(c2ccnc3cc(F)ccc23)C1. The zero-order valence-electron chi connectivity index (χ0n) is 11.7. The zero-order valence-corrected chi connectivity index (χ0v) is 11.7. The number of hydrogen-bond acceptors (Lipinski definition) is 5. The summed E-state index contributed by atoms with van der Waals surface area (Å²) in [5, 5.41) is 21.9. The van der Waals surface area contributed by atoms with Gasteiger partial charge >= 0.3 is 0 Å². The molecule has 0 spiro atoms. The molecule has 1 fully saturated rings. The molecule has 1 unspecified atom stereocenters. The number of hydrogen-bond donors (Lipinski definition) is 2. The van der Waals surface area contributed by atoms with Gasteiger partial charge in [-0.3, -0.25) is 4.98 Å². The molecular formula is C15H14FN5O. The van der Waals surface area contributed by atoms with Gasteiger partial charge in [0.05, 0.1) is 18.3 Å². The molecule has 22 heavy (non-hydrogen) atoms. The number of aromatic nitrogens is 4. The number of nitrogens with one attached hydrogen (secondary N) is 1. The number of aliphatic hydroxyl groups is 1. The molecule has 2 N–H and O–H groups in total. The van der Waals surface area contributed by atoms with E-state index in [1.54, 1.807) is 18.5 Å². The van der Waals surface area contributed by atoms with Crippen LogP contribution in [-0.2, 0) is 5.60 Å². The summed E-state index contributed by atoms with van der Waals surface area (Å²) in [4.78, 5) is 6.27. The van der Waals surface area contributed by atoms with E-state index in [0.717, 1.165) is 11.1 Å². The van der Waals surface area contributed by atoms with Crippen LogP contribution in [0.4, 0.5) is 10.1 Å². The van der Waals surface area contributed by atoms with E-state index in [0.29, 0.717) is 30.7 Å². The maximum atomic E-state index is 13.3. The van der Waals surface area contributed by atoms with Crippen molar-refractivity contribution in [3.8, 4) is 0 Å². The molecule has 0 bridgehead atoms. The standard InChI is InChI=1S/C15H14FN5O/c16-10-1-2-11-12(7-10)17-5-3-13(11)21-6-4-15(22,9-21)14-8-18-20-19-14/h1-3,5,7-8,22H,4,6,9H2,(H,18,19,20). The quantitative estimate of drug-likeness (QED) is 0.751. The third-order valence-electron chi connectivity index (χ3n) is 4.16. The van der Waals surface area contributed by atoms with E-state index in [1.165, 1.54) is 12.1 Å². The number of H-pyrrole nitrogens is 1. The van der Waals surface area contributed by atoms with E-state index < -0.39 is 5.60 Å². The number of fused-ring (bicyclic) bond motifs is 1. The summed E-state index contributed by atoms with van der Waals surface area (Å²) in [5.41, 5.74) is 1.06. The van der Waals surface area contributed by atoms with Gasteiger partial charge in [-0.25, -0.2) is 4.39 Å². The first-order chi connectivity index (χ1) is 10.7. The van der Waals surface area contributed by atoms with Crippen molar-refractivity contribution in [2.75, 3.05) is 18.0 Å². The number of nitrogens with zero attached hydrogens (tertiary/aromatic N) is 4. The third-order valence-corrected chi connectivity index (χ3v) is 4.16. The summed E-state index contributed by atoms with van der Waals surface area (Å²) < 4.78 is 13.3. The molecule has 1 saturated heterocycles. The molecule has 0 saturated carbocycles. The predicted octanol–water partition coefficient (Wildman–Crippen LogP) is 1.59. The number of anilines is 1. The Morgan fingerprint density at radius 1 is 1.32 bits per heavy atom. The van der Waals surface area contributed by atoms with E-state index in [2.05, 4.69) is 25.3 Å². The molecule has 1 aliphatic heterocycles. The van der Waals surface area contributed by atoms with Crippen LogP contribution in [0.2, 0.25) is 0 Å². The Labute approximate surface area is 125 Å². The van der Waals surface area contributed by atoms with Gasteiger partial charge in [0.15, 0.2) is 0 Å². The minimum absolute atomic E-state index is 0.308. The van der Waals surface area contributed by atoms with Gasteiger partial charge in [0.2, 0.25) is 0 Å². The molecule has 3 heterocycles. The van der Waals surface area contributed by atoms with Crippen molar-refractivity contribution in [3.63, 3.8) is 0 Å². The summed E-state index contributed by atoms with van der Waals surface area (Å²) >= 11 is 0. The Kier molecular flexibility index (Phi) is 2.83. The van der Waals surface area contributed by atoms with E-state index in [9.17, 15) is 9.50 Å². The highest BCUT2D eigenvalue weighted by molar-refractivity contribution is 5.91. The summed E-state index contributed by atoms with van der Waals surface area (Å²) in [6.07, 6.45) is 3.76. The van der Waals surface area contributed by atoms with E-state index in [-0.39, 0.29) is 5.82 Å². The van der Waals surface area contributed by atoms with Crippen molar-refractivity contribution >= 4 is 16.6 Å². The lowest BCUT2D eigenvalue weighted by atomic mass is 10.00. The minimum Gasteiger partial charge on any atom is -0.381 e. The Morgan fingerprint density at radius 3 is 3.05 bits per heavy atom. The summed E-state index contributed by atoms with van der Waals surface area (Å²) in [6, 6.07) is 6.45.